The summed E-state index contributed by atoms with van der Waals surface area (Å²) in [6.07, 6.45) is 36.4. The summed E-state index contributed by atoms with van der Waals surface area (Å²) in [5, 5.41) is 5.74. The summed E-state index contributed by atoms with van der Waals surface area (Å²) < 4.78 is 66.3. The van der Waals surface area contributed by atoms with E-state index in [4.69, 9.17) is 52.1 Å². The van der Waals surface area contributed by atoms with Crippen molar-refractivity contribution in [1.82, 2.24) is 10.6 Å². The van der Waals surface area contributed by atoms with Gasteiger partial charge in [0.1, 0.15) is 25.4 Å². The third-order valence-corrected chi connectivity index (χ3v) is 18.7. The molecule has 105 heavy (non-hydrogen) atoms. The second kappa shape index (κ2) is 60.3. The van der Waals surface area contributed by atoms with Gasteiger partial charge in [0, 0.05) is 32.7 Å². The minimum absolute atomic E-state index is 0.00867. The lowest BCUT2D eigenvalue weighted by Gasteiger charge is -2.44. The fourth-order valence-electron chi connectivity index (χ4n) is 12.6. The average Bonchev–Trinajstić information content (AvgIpc) is 0.777. The van der Waals surface area contributed by atoms with Gasteiger partial charge in [-0.3, -0.25) is 4.79 Å². The Morgan fingerprint density at radius 3 is 1.21 bits per heavy atom. The molecule has 2 N–H and O–H groups in total. The van der Waals surface area contributed by atoms with Crippen LogP contribution in [0.1, 0.15) is 286 Å². The van der Waals surface area contributed by atoms with Crippen molar-refractivity contribution in [2.45, 2.75) is 282 Å². The molecule has 19 heteroatoms. The van der Waals surface area contributed by atoms with Gasteiger partial charge < -0.3 is 62.7 Å². The highest BCUT2D eigenvalue weighted by atomic mass is 16.7. The number of esters is 4. The van der Waals surface area contributed by atoms with Crippen LogP contribution >= 0.6 is 0 Å². The average molecular weight is 1460 g/mol. The molecule has 1 aliphatic heterocycles. The first-order valence-corrected chi connectivity index (χ1v) is 40.5. The highest BCUT2D eigenvalue weighted by Crippen LogP contribution is 2.32. The molecule has 1 saturated heterocycles. The van der Waals surface area contributed by atoms with Crippen LogP contribution in [0.4, 0.5) is 4.79 Å². The Bertz CT molecular complexity index is 2820. The minimum Gasteiger partial charge on any atom is -0.459 e. The molecule has 1 fully saturated rings. The normalized spacial score (nSPS) is 15.9. The SMILES string of the molecule is CCCCCCCCCCCCCCCCCCOC[C@@H](COC(=O)NCCCCCC(=O)NCCOCCOCCO[C@H]1OC(COC(=O)c2ccccc2)[C@@H](OC(=O)c2ccccc2)[C@H](OC(=O)c2ccccc2)C1OC(=O)c1ccccc1)OCCCCCCCCCCCCCCCCCC. The fourth-order valence-corrected chi connectivity index (χ4v) is 12.6. The van der Waals surface area contributed by atoms with Gasteiger partial charge in [-0.25, -0.2) is 24.0 Å². The number of alkyl carbamates (subject to hydrolysis) is 1. The van der Waals surface area contributed by atoms with E-state index in [0.717, 1.165) is 32.1 Å². The van der Waals surface area contributed by atoms with E-state index in [-0.39, 0.29) is 73.9 Å². The first kappa shape index (κ1) is 88.9. The van der Waals surface area contributed by atoms with Crippen molar-refractivity contribution in [1.29, 1.82) is 0 Å². The van der Waals surface area contributed by atoms with E-state index in [1.807, 2.05) is 0 Å². The van der Waals surface area contributed by atoms with E-state index in [1.54, 1.807) is 109 Å². The number of amides is 2. The van der Waals surface area contributed by atoms with Crippen molar-refractivity contribution in [2.24, 2.45) is 0 Å². The predicted octanol–water partition coefficient (Wildman–Crippen LogP) is 18.6. The van der Waals surface area contributed by atoms with Crippen molar-refractivity contribution in [3.8, 4) is 0 Å². The number of hydrogen-bond acceptors (Lipinski definition) is 17. The van der Waals surface area contributed by atoms with Crippen LogP contribution in [0.5, 0.6) is 0 Å². The van der Waals surface area contributed by atoms with Gasteiger partial charge in [0.15, 0.2) is 24.6 Å². The number of benzene rings is 4. The number of rotatable bonds is 64. The van der Waals surface area contributed by atoms with Gasteiger partial charge in [0.2, 0.25) is 5.91 Å². The summed E-state index contributed by atoms with van der Waals surface area (Å²) in [6.45, 7) is 7.08. The van der Waals surface area contributed by atoms with Crippen LogP contribution in [0.3, 0.4) is 0 Å². The van der Waals surface area contributed by atoms with E-state index in [9.17, 15) is 28.8 Å². The largest absolute Gasteiger partial charge is 0.459 e. The van der Waals surface area contributed by atoms with Crippen molar-refractivity contribution < 1.29 is 80.9 Å². The van der Waals surface area contributed by atoms with Gasteiger partial charge >= 0.3 is 30.0 Å². The molecule has 4 aromatic rings. The van der Waals surface area contributed by atoms with Crippen LogP contribution in [0.25, 0.3) is 0 Å². The number of carbonyl (C=O) groups is 6. The Morgan fingerprint density at radius 2 is 0.743 bits per heavy atom. The zero-order valence-electron chi connectivity index (χ0n) is 63.9. The molecule has 4 aromatic carbocycles. The lowest BCUT2D eigenvalue weighted by molar-refractivity contribution is -0.300. The standard InChI is InChI=1S/C86H130N2O17/c1-3-5-7-9-11-13-15-17-19-21-23-25-27-29-31-48-61-97-68-75(98-62-49-32-30-28-26-24-22-20-18-16-14-12-10-8-6-4-2)69-101-86(94)88-59-47-37-46-58-77(89)87-60-63-95-64-65-96-66-67-99-85-80(105-84(93)74-56-44-36-45-57-74)79(104-83(92)73-54-42-35-43-55-73)78(103-82(91)72-52-40-34-41-53-72)76(102-85)70-100-81(90)71-50-38-33-39-51-71/h33-36,38-45,50-57,75-76,78-80,85H,3-32,37,46-49,58-70H2,1-2H3,(H,87,89)(H,88,94)/t75-,76?,78+,79-,80?,85-/m0/s1. The second-order valence-electron chi connectivity index (χ2n) is 27.7. The van der Waals surface area contributed by atoms with Crippen molar-refractivity contribution in [3.05, 3.63) is 144 Å². The molecular weight excluding hydrogens is 1330 g/mol. The van der Waals surface area contributed by atoms with Crippen molar-refractivity contribution >= 4 is 35.9 Å². The first-order chi connectivity index (χ1) is 51.7. The van der Waals surface area contributed by atoms with Gasteiger partial charge in [-0.2, -0.15) is 0 Å². The van der Waals surface area contributed by atoms with E-state index in [2.05, 4.69) is 24.5 Å². The maximum absolute atomic E-state index is 14.0. The second-order valence-corrected chi connectivity index (χ2v) is 27.7. The van der Waals surface area contributed by atoms with Crippen LogP contribution in [0, 0.1) is 0 Å². The minimum atomic E-state index is -1.57. The number of carbonyl (C=O) groups excluding carboxylic acids is 6. The topological polar surface area (TPSA) is 228 Å². The third-order valence-electron chi connectivity index (χ3n) is 18.7. The summed E-state index contributed by atoms with van der Waals surface area (Å²) in [5.41, 5.74) is 0.736. The van der Waals surface area contributed by atoms with Gasteiger partial charge in [0.05, 0.1) is 61.9 Å². The lowest BCUT2D eigenvalue weighted by atomic mass is 9.97. The lowest BCUT2D eigenvalue weighted by Crippen LogP contribution is -2.63. The molecule has 1 aliphatic rings. The quantitative estimate of drug-likeness (QED) is 0.0238. The van der Waals surface area contributed by atoms with Crippen LogP contribution in [-0.2, 0) is 56.9 Å². The Morgan fingerprint density at radius 1 is 0.352 bits per heavy atom. The van der Waals surface area contributed by atoms with Gasteiger partial charge in [-0.15, -0.1) is 0 Å². The van der Waals surface area contributed by atoms with Crippen LogP contribution in [-0.4, -0.2) is 152 Å². The van der Waals surface area contributed by atoms with E-state index >= 15 is 0 Å². The number of nitrogens with one attached hydrogen (secondary N) is 2. The zero-order chi connectivity index (χ0) is 74.5. The molecule has 0 bridgehead atoms. The fraction of sp³-hybridized carbons (Fsp3) is 0.651. The summed E-state index contributed by atoms with van der Waals surface area (Å²) in [5.74, 6) is -3.26. The number of ether oxygens (including phenoxy) is 11. The maximum atomic E-state index is 14.0. The molecule has 5 rings (SSSR count). The van der Waals surface area contributed by atoms with Gasteiger partial charge in [0.25, 0.3) is 0 Å². The Labute approximate surface area is 629 Å². The summed E-state index contributed by atoms with van der Waals surface area (Å²) >= 11 is 0. The molecular formula is C86H130N2O17. The number of hydrogen-bond donors (Lipinski definition) is 2. The van der Waals surface area contributed by atoms with E-state index < -0.39 is 67.3 Å². The van der Waals surface area contributed by atoms with Crippen molar-refractivity contribution in [3.63, 3.8) is 0 Å². The Balaban J connectivity index is 0.971. The van der Waals surface area contributed by atoms with Crippen LogP contribution in [0.15, 0.2) is 121 Å². The summed E-state index contributed by atoms with van der Waals surface area (Å²) in [4.78, 5) is 80.5. The molecule has 2 unspecified atom stereocenters. The van der Waals surface area contributed by atoms with Crippen LogP contribution in [0.2, 0.25) is 0 Å². The molecule has 0 spiro atoms. The molecule has 6 atom stereocenters. The zero-order valence-corrected chi connectivity index (χ0v) is 63.9. The van der Waals surface area contributed by atoms with Crippen molar-refractivity contribution in [2.75, 3.05) is 79.2 Å². The molecule has 0 aromatic heterocycles. The van der Waals surface area contributed by atoms with Gasteiger partial charge in [-0.1, -0.05) is 286 Å². The van der Waals surface area contributed by atoms with Crippen LogP contribution < -0.4 is 10.6 Å². The molecule has 586 valence electrons. The summed E-state index contributed by atoms with van der Waals surface area (Å²) in [7, 11) is 0. The third kappa shape index (κ3) is 42.4. The number of unbranched alkanes of at least 4 members (excludes halogenated alkanes) is 32. The monoisotopic (exact) mass is 1460 g/mol. The predicted molar refractivity (Wildman–Crippen MR) is 410 cm³/mol. The van der Waals surface area contributed by atoms with Gasteiger partial charge in [-0.05, 0) is 74.2 Å². The summed E-state index contributed by atoms with van der Waals surface area (Å²) in [6, 6.07) is 32.6. The Kier molecular flexibility index (Phi) is 51.0. The smallest absolute Gasteiger partial charge is 0.407 e. The molecule has 0 saturated carbocycles. The first-order valence-electron chi connectivity index (χ1n) is 40.5. The van der Waals surface area contributed by atoms with E-state index in [1.165, 1.54) is 192 Å². The Hall–Kier alpha value is -6.74. The highest BCUT2D eigenvalue weighted by Gasteiger charge is 2.54. The molecule has 0 aliphatic carbocycles. The molecule has 2 amide bonds. The molecule has 0 radical (unpaired) electrons. The maximum Gasteiger partial charge on any atom is 0.407 e. The molecule has 1 heterocycles. The van der Waals surface area contributed by atoms with E-state index in [0.29, 0.717) is 52.2 Å². The molecule has 19 nitrogen and oxygen atoms in total. The highest BCUT2D eigenvalue weighted by molar-refractivity contribution is 5.91.